The lowest BCUT2D eigenvalue weighted by Crippen LogP contribution is -2.21. The molecule has 0 radical (unpaired) electrons. The van der Waals surface area contributed by atoms with Gasteiger partial charge in [0.05, 0.1) is 0 Å². The third-order valence-electron chi connectivity index (χ3n) is 1.21. The Morgan fingerprint density at radius 3 is 1.40 bits per heavy atom. The molecule has 1 aliphatic heterocycles. The van der Waals surface area contributed by atoms with Crippen molar-refractivity contribution in [3.63, 3.8) is 0 Å². The topological polar surface area (TPSA) is 38.0 Å². The summed E-state index contributed by atoms with van der Waals surface area (Å²) in [5, 5.41) is 3.28. The minimum atomic E-state index is 1.25. The number of rotatable bonds is 0. The molecule has 0 unspecified atom stereocenters. The van der Waals surface area contributed by atoms with Crippen LogP contribution in [0.3, 0.4) is 0 Å². The first kappa shape index (κ1) is 12.6. The van der Waals surface area contributed by atoms with Crippen molar-refractivity contribution in [3.8, 4) is 0 Å². The molecular weight excluding hydrogens is 124 g/mol. The molecule has 3 N–H and O–H groups in total. The Balaban J connectivity index is 0. The van der Waals surface area contributed by atoms with Gasteiger partial charge in [-0.1, -0.05) is 20.3 Å². The summed E-state index contributed by atoms with van der Waals surface area (Å²) in [6.45, 7) is 6.50. The summed E-state index contributed by atoms with van der Waals surface area (Å²) in [7, 11) is 1.50. The summed E-state index contributed by atoms with van der Waals surface area (Å²) in [4.78, 5) is 0. The van der Waals surface area contributed by atoms with Gasteiger partial charge in [0.15, 0.2) is 0 Å². The van der Waals surface area contributed by atoms with Crippen LogP contribution in [0.1, 0.15) is 33.1 Å². The maximum Gasteiger partial charge on any atom is -0.00489 e. The molecule has 64 valence electrons. The highest BCUT2D eigenvalue weighted by molar-refractivity contribution is 4.55. The van der Waals surface area contributed by atoms with Gasteiger partial charge in [-0.3, -0.25) is 0 Å². The van der Waals surface area contributed by atoms with Gasteiger partial charge in [-0.25, -0.2) is 0 Å². The van der Waals surface area contributed by atoms with Gasteiger partial charge in [0.2, 0.25) is 0 Å². The van der Waals surface area contributed by atoms with Gasteiger partial charge in [0.25, 0.3) is 0 Å². The molecule has 1 aliphatic rings. The lowest BCUT2D eigenvalue weighted by molar-refractivity contribution is 0.520. The SMILES string of the molecule is C1CCNCC1.CC.CN. The van der Waals surface area contributed by atoms with Crippen molar-refractivity contribution in [2.75, 3.05) is 20.1 Å². The average molecular weight is 146 g/mol. The highest BCUT2D eigenvalue weighted by Crippen LogP contribution is 1.96. The predicted molar refractivity (Wildman–Crippen MR) is 48.2 cm³/mol. The van der Waals surface area contributed by atoms with Crippen LogP contribution >= 0.6 is 0 Å². The molecule has 0 aliphatic carbocycles. The fourth-order valence-electron chi connectivity index (χ4n) is 0.802. The second-order valence-electron chi connectivity index (χ2n) is 1.81. The molecule has 0 amide bonds. The molecule has 0 bridgehead atoms. The first-order valence-corrected chi connectivity index (χ1v) is 4.28. The molecule has 0 aromatic carbocycles. The second-order valence-corrected chi connectivity index (χ2v) is 1.81. The van der Waals surface area contributed by atoms with Crippen LogP contribution in [-0.2, 0) is 0 Å². The summed E-state index contributed by atoms with van der Waals surface area (Å²) in [5.41, 5.74) is 4.50. The number of nitrogens with two attached hydrogens (primary N) is 1. The molecule has 1 heterocycles. The monoisotopic (exact) mass is 146 g/mol. The Kier molecular flexibility index (Phi) is 20.1. The van der Waals surface area contributed by atoms with Crippen molar-refractivity contribution in [1.82, 2.24) is 5.32 Å². The van der Waals surface area contributed by atoms with Gasteiger partial charge >= 0.3 is 0 Å². The number of nitrogens with one attached hydrogen (secondary N) is 1. The molecule has 2 heteroatoms. The molecule has 0 aromatic rings. The molecule has 1 saturated heterocycles. The molecule has 0 atom stereocenters. The first-order valence-electron chi connectivity index (χ1n) is 4.28. The van der Waals surface area contributed by atoms with Crippen LogP contribution in [0.5, 0.6) is 0 Å². The van der Waals surface area contributed by atoms with E-state index in [0.717, 1.165) is 0 Å². The molecule has 0 aromatic heterocycles. The maximum atomic E-state index is 4.50. The third kappa shape index (κ3) is 10.8. The van der Waals surface area contributed by atoms with Gasteiger partial charge in [0, 0.05) is 0 Å². The molecule has 2 nitrogen and oxygen atoms in total. The minimum absolute atomic E-state index is 1.25. The highest BCUT2D eigenvalue weighted by atomic mass is 14.9. The average Bonchev–Trinajstić information content (AvgIpc) is 2.14. The fraction of sp³-hybridized carbons (Fsp3) is 1.00. The minimum Gasteiger partial charge on any atom is -0.333 e. The first-order chi connectivity index (χ1) is 5.00. The maximum absolute atomic E-state index is 4.50. The normalized spacial score (nSPS) is 15.6. The Morgan fingerprint density at radius 2 is 1.30 bits per heavy atom. The van der Waals surface area contributed by atoms with Crippen LogP contribution in [0, 0.1) is 0 Å². The van der Waals surface area contributed by atoms with E-state index in [-0.39, 0.29) is 0 Å². The van der Waals surface area contributed by atoms with E-state index in [0.29, 0.717) is 0 Å². The molecule has 1 fully saturated rings. The van der Waals surface area contributed by atoms with E-state index in [1.807, 2.05) is 13.8 Å². The van der Waals surface area contributed by atoms with Gasteiger partial charge in [-0.15, -0.1) is 0 Å². The van der Waals surface area contributed by atoms with E-state index in [1.165, 1.54) is 39.4 Å². The van der Waals surface area contributed by atoms with Crippen molar-refractivity contribution >= 4 is 0 Å². The van der Waals surface area contributed by atoms with Gasteiger partial charge < -0.3 is 11.1 Å². The van der Waals surface area contributed by atoms with Crippen molar-refractivity contribution in [3.05, 3.63) is 0 Å². The van der Waals surface area contributed by atoms with E-state index in [9.17, 15) is 0 Å². The fourth-order valence-corrected chi connectivity index (χ4v) is 0.802. The zero-order chi connectivity index (χ0) is 8.24. The van der Waals surface area contributed by atoms with Crippen LogP contribution in [0.25, 0.3) is 0 Å². The Hall–Kier alpha value is -0.0800. The number of hydrogen-bond acceptors (Lipinski definition) is 2. The van der Waals surface area contributed by atoms with Crippen LogP contribution < -0.4 is 11.1 Å². The van der Waals surface area contributed by atoms with E-state index in [1.54, 1.807) is 0 Å². The summed E-state index contributed by atoms with van der Waals surface area (Å²) in [5.74, 6) is 0. The van der Waals surface area contributed by atoms with E-state index in [2.05, 4.69) is 11.1 Å². The summed E-state index contributed by atoms with van der Waals surface area (Å²) < 4.78 is 0. The lowest BCUT2D eigenvalue weighted by Gasteiger charge is -2.08. The quantitative estimate of drug-likeness (QED) is 0.541. The summed E-state index contributed by atoms with van der Waals surface area (Å²) in [6.07, 6.45) is 4.22. The van der Waals surface area contributed by atoms with Crippen molar-refractivity contribution in [2.45, 2.75) is 33.1 Å². The Labute approximate surface area is 65.2 Å². The van der Waals surface area contributed by atoms with Gasteiger partial charge in [-0.2, -0.15) is 0 Å². The lowest BCUT2D eigenvalue weighted by atomic mass is 10.2. The molecule has 10 heavy (non-hydrogen) atoms. The third-order valence-corrected chi connectivity index (χ3v) is 1.21. The Bertz CT molecular complexity index is 22.7. The summed E-state index contributed by atoms with van der Waals surface area (Å²) >= 11 is 0. The van der Waals surface area contributed by atoms with Crippen LogP contribution in [0.2, 0.25) is 0 Å². The van der Waals surface area contributed by atoms with Crippen molar-refractivity contribution < 1.29 is 0 Å². The van der Waals surface area contributed by atoms with Crippen LogP contribution in [0.15, 0.2) is 0 Å². The Morgan fingerprint density at radius 1 is 0.900 bits per heavy atom. The zero-order valence-corrected chi connectivity index (χ0v) is 7.61. The van der Waals surface area contributed by atoms with Gasteiger partial charge in [0.1, 0.15) is 0 Å². The van der Waals surface area contributed by atoms with Crippen LogP contribution in [0.4, 0.5) is 0 Å². The van der Waals surface area contributed by atoms with Crippen molar-refractivity contribution in [2.24, 2.45) is 5.73 Å². The largest absolute Gasteiger partial charge is 0.333 e. The predicted octanol–water partition coefficient (Wildman–Crippen LogP) is 1.36. The molecule has 0 saturated carbocycles. The summed E-state index contributed by atoms with van der Waals surface area (Å²) in [6, 6.07) is 0. The van der Waals surface area contributed by atoms with E-state index >= 15 is 0 Å². The number of hydrogen-bond donors (Lipinski definition) is 2. The van der Waals surface area contributed by atoms with Gasteiger partial charge in [-0.05, 0) is 33.0 Å². The molecule has 1 rings (SSSR count). The molecular formula is C8H22N2. The number of piperidine rings is 1. The van der Waals surface area contributed by atoms with Crippen molar-refractivity contribution in [1.29, 1.82) is 0 Å². The van der Waals surface area contributed by atoms with E-state index < -0.39 is 0 Å². The standard InChI is InChI=1S/C5H11N.C2H6.CH5N/c1-2-4-6-5-3-1;2*1-2/h6H,1-5H2;1-2H3;2H2,1H3. The zero-order valence-electron chi connectivity index (χ0n) is 7.61. The highest BCUT2D eigenvalue weighted by Gasteiger charge is 1.93. The van der Waals surface area contributed by atoms with Crippen LogP contribution in [-0.4, -0.2) is 20.1 Å². The molecule has 0 spiro atoms. The van der Waals surface area contributed by atoms with E-state index in [4.69, 9.17) is 0 Å². The smallest absolute Gasteiger partial charge is 0.00489 e. The second kappa shape index (κ2) is 16.0.